The summed E-state index contributed by atoms with van der Waals surface area (Å²) < 4.78 is 28.6. The second-order valence-corrected chi connectivity index (χ2v) is 8.54. The summed E-state index contributed by atoms with van der Waals surface area (Å²) in [6.07, 6.45) is 0.831. The number of sulfonamides is 1. The molecule has 0 aromatic carbocycles. The Morgan fingerprint density at radius 1 is 1.61 bits per heavy atom. The normalized spacial score (nSPS) is 23.9. The first kappa shape index (κ1) is 14.3. The lowest BCUT2D eigenvalue weighted by Gasteiger charge is -2.25. The predicted molar refractivity (Wildman–Crippen MR) is 71.4 cm³/mol. The molecule has 1 aliphatic heterocycles. The number of hydrogen-bond acceptors (Lipinski definition) is 6. The van der Waals surface area contributed by atoms with Crippen LogP contribution in [0.1, 0.15) is 24.5 Å². The fourth-order valence-corrected chi connectivity index (χ4v) is 5.67. The highest BCUT2D eigenvalue weighted by Crippen LogP contribution is 2.47. The summed E-state index contributed by atoms with van der Waals surface area (Å²) in [6, 6.07) is 1.49. The lowest BCUT2D eigenvalue weighted by Crippen LogP contribution is -2.16. The van der Waals surface area contributed by atoms with Crippen molar-refractivity contribution in [1.82, 2.24) is 0 Å². The zero-order chi connectivity index (χ0) is 13.3. The van der Waals surface area contributed by atoms with E-state index in [1.165, 1.54) is 6.07 Å². The molecule has 1 aromatic heterocycles. The van der Waals surface area contributed by atoms with Crippen molar-refractivity contribution in [3.8, 4) is 0 Å². The van der Waals surface area contributed by atoms with E-state index in [0.29, 0.717) is 18.6 Å². The Kier molecular flexibility index (Phi) is 4.35. The van der Waals surface area contributed by atoms with Gasteiger partial charge in [0.15, 0.2) is 0 Å². The summed E-state index contributed by atoms with van der Waals surface area (Å²) >= 11 is 2.73. The number of methoxy groups -OCH3 is 1. The van der Waals surface area contributed by atoms with Gasteiger partial charge in [-0.05, 0) is 18.9 Å². The van der Waals surface area contributed by atoms with Crippen molar-refractivity contribution in [2.75, 3.05) is 13.7 Å². The number of nitrogens with two attached hydrogens (primary N) is 1. The highest BCUT2D eigenvalue weighted by atomic mass is 32.3. The SMILES string of the molecule is COCCC1CC(O)c2cc(S(N)(=O)=O)sc2S1. The minimum Gasteiger partial charge on any atom is -0.388 e. The number of thioether (sulfide) groups is 1. The molecule has 1 aromatic rings. The van der Waals surface area contributed by atoms with Crippen LogP contribution in [0.5, 0.6) is 0 Å². The number of fused-ring (bicyclic) bond motifs is 1. The van der Waals surface area contributed by atoms with Crippen molar-refractivity contribution in [3.63, 3.8) is 0 Å². The van der Waals surface area contributed by atoms with Crippen molar-refractivity contribution >= 4 is 33.1 Å². The summed E-state index contributed by atoms with van der Waals surface area (Å²) in [6.45, 7) is 0.632. The van der Waals surface area contributed by atoms with Crippen molar-refractivity contribution in [2.24, 2.45) is 5.14 Å². The van der Waals surface area contributed by atoms with E-state index >= 15 is 0 Å². The number of thiophene rings is 1. The van der Waals surface area contributed by atoms with Gasteiger partial charge in [0.2, 0.25) is 10.0 Å². The number of hydrogen-bond donors (Lipinski definition) is 2. The Morgan fingerprint density at radius 2 is 2.33 bits per heavy atom. The Hall–Kier alpha value is -0.120. The molecule has 0 saturated carbocycles. The maximum absolute atomic E-state index is 11.3. The lowest BCUT2D eigenvalue weighted by molar-refractivity contribution is 0.149. The first-order chi connectivity index (χ1) is 8.41. The average Bonchev–Trinajstić information content (AvgIpc) is 2.70. The Balaban J connectivity index is 2.22. The van der Waals surface area contributed by atoms with E-state index in [1.54, 1.807) is 18.9 Å². The van der Waals surface area contributed by atoms with Crippen LogP contribution in [0.4, 0.5) is 0 Å². The maximum Gasteiger partial charge on any atom is 0.247 e. The van der Waals surface area contributed by atoms with Gasteiger partial charge in [0, 0.05) is 24.5 Å². The molecule has 2 rings (SSSR count). The molecular formula is C10H15NO4S3. The minimum atomic E-state index is -3.69. The van der Waals surface area contributed by atoms with Crippen molar-refractivity contribution in [3.05, 3.63) is 11.6 Å². The van der Waals surface area contributed by atoms with Gasteiger partial charge in [0.25, 0.3) is 0 Å². The molecule has 0 amide bonds. The molecule has 2 unspecified atom stereocenters. The molecule has 0 spiro atoms. The summed E-state index contributed by atoms with van der Waals surface area (Å²) in [7, 11) is -2.05. The van der Waals surface area contributed by atoms with Crippen LogP contribution in [0.2, 0.25) is 0 Å². The molecule has 0 bridgehead atoms. The van der Waals surface area contributed by atoms with Crippen molar-refractivity contribution in [1.29, 1.82) is 0 Å². The molecular weight excluding hydrogens is 294 g/mol. The summed E-state index contributed by atoms with van der Waals surface area (Å²) in [5.41, 5.74) is 0.683. The highest BCUT2D eigenvalue weighted by Gasteiger charge is 2.30. The predicted octanol–water partition coefficient (Wildman–Crippen LogP) is 1.33. The van der Waals surface area contributed by atoms with Gasteiger partial charge in [-0.3, -0.25) is 0 Å². The maximum atomic E-state index is 11.3. The van der Waals surface area contributed by atoms with Crippen molar-refractivity contribution < 1.29 is 18.3 Å². The number of aliphatic hydroxyl groups excluding tert-OH is 1. The Morgan fingerprint density at radius 3 is 2.94 bits per heavy atom. The second kappa shape index (κ2) is 5.48. The van der Waals surface area contributed by atoms with Crippen LogP contribution in [0.15, 0.2) is 14.5 Å². The third kappa shape index (κ3) is 3.06. The zero-order valence-corrected chi connectivity index (χ0v) is 12.3. The smallest absolute Gasteiger partial charge is 0.247 e. The molecule has 3 N–H and O–H groups in total. The van der Waals surface area contributed by atoms with Crippen LogP contribution in [-0.4, -0.2) is 32.5 Å². The van der Waals surface area contributed by atoms with Gasteiger partial charge in [0.05, 0.1) is 10.3 Å². The molecule has 0 aliphatic carbocycles. The van der Waals surface area contributed by atoms with E-state index in [4.69, 9.17) is 9.88 Å². The average molecular weight is 309 g/mol. The van der Waals surface area contributed by atoms with Gasteiger partial charge in [-0.1, -0.05) is 0 Å². The third-order valence-corrected chi connectivity index (χ3v) is 6.86. The van der Waals surface area contributed by atoms with E-state index in [9.17, 15) is 13.5 Å². The fraction of sp³-hybridized carbons (Fsp3) is 0.600. The summed E-state index contributed by atoms with van der Waals surface area (Å²) in [5.74, 6) is 0. The number of rotatable bonds is 4. The van der Waals surface area contributed by atoms with Crippen LogP contribution in [0.25, 0.3) is 0 Å². The lowest BCUT2D eigenvalue weighted by atomic mass is 10.1. The second-order valence-electron chi connectivity index (χ2n) is 4.13. The molecule has 0 fully saturated rings. The third-order valence-electron chi connectivity index (χ3n) is 2.75. The molecule has 8 heteroatoms. The van der Waals surface area contributed by atoms with Crippen LogP contribution in [0, 0.1) is 0 Å². The first-order valence-electron chi connectivity index (χ1n) is 5.42. The fourth-order valence-electron chi connectivity index (χ4n) is 1.83. The van der Waals surface area contributed by atoms with Crippen molar-refractivity contribution in [2.45, 2.75) is 32.6 Å². The Labute approximate surface area is 114 Å². The topological polar surface area (TPSA) is 89.6 Å². The molecule has 18 heavy (non-hydrogen) atoms. The van der Waals surface area contributed by atoms with Gasteiger partial charge in [-0.2, -0.15) is 0 Å². The van der Waals surface area contributed by atoms with Crippen LogP contribution >= 0.6 is 23.1 Å². The van der Waals surface area contributed by atoms with Gasteiger partial charge < -0.3 is 9.84 Å². The molecule has 102 valence electrons. The van der Waals surface area contributed by atoms with E-state index < -0.39 is 16.1 Å². The minimum absolute atomic E-state index is 0.117. The highest BCUT2D eigenvalue weighted by molar-refractivity contribution is 8.02. The monoisotopic (exact) mass is 309 g/mol. The van der Waals surface area contributed by atoms with Gasteiger partial charge >= 0.3 is 0 Å². The first-order valence-corrected chi connectivity index (χ1v) is 8.66. The van der Waals surface area contributed by atoms with E-state index in [2.05, 4.69) is 0 Å². The largest absolute Gasteiger partial charge is 0.388 e. The van der Waals surface area contributed by atoms with E-state index in [-0.39, 0.29) is 9.46 Å². The molecule has 0 saturated heterocycles. The molecule has 5 nitrogen and oxygen atoms in total. The molecule has 2 heterocycles. The summed E-state index contributed by atoms with van der Waals surface area (Å²) in [4.78, 5) is 0. The zero-order valence-electron chi connectivity index (χ0n) is 9.83. The standard InChI is InChI=1S/C10H15NO4S3/c1-15-3-2-6-4-8(12)7-5-9(18(11,13)14)17-10(7)16-6/h5-6,8,12H,2-4H2,1H3,(H2,11,13,14). The number of ether oxygens (including phenoxy) is 1. The van der Waals surface area contributed by atoms with Gasteiger partial charge in [-0.15, -0.1) is 23.1 Å². The molecule has 1 aliphatic rings. The van der Waals surface area contributed by atoms with Gasteiger partial charge in [-0.25, -0.2) is 13.6 Å². The Bertz CT molecular complexity index is 525. The molecule has 0 radical (unpaired) electrons. The quantitative estimate of drug-likeness (QED) is 0.876. The van der Waals surface area contributed by atoms with E-state index in [1.807, 2.05) is 0 Å². The van der Waals surface area contributed by atoms with Crippen LogP contribution in [0.3, 0.4) is 0 Å². The summed E-state index contributed by atoms with van der Waals surface area (Å²) in [5, 5.41) is 15.4. The van der Waals surface area contributed by atoms with Gasteiger partial charge in [0.1, 0.15) is 4.21 Å². The van der Waals surface area contributed by atoms with Crippen LogP contribution in [-0.2, 0) is 14.8 Å². The van der Waals surface area contributed by atoms with E-state index in [0.717, 1.165) is 22.0 Å². The number of aliphatic hydroxyl groups is 1. The van der Waals surface area contributed by atoms with Crippen LogP contribution < -0.4 is 5.14 Å². The number of primary sulfonamides is 1. The molecule has 2 atom stereocenters.